The van der Waals surface area contributed by atoms with Crippen molar-refractivity contribution < 1.29 is 27.8 Å². The Morgan fingerprint density at radius 2 is 2.05 bits per heavy atom. The zero-order valence-electron chi connectivity index (χ0n) is 12.0. The van der Waals surface area contributed by atoms with Crippen LogP contribution in [0.2, 0.25) is 0 Å². The van der Waals surface area contributed by atoms with E-state index < -0.39 is 16.0 Å². The van der Waals surface area contributed by atoms with Crippen molar-refractivity contribution in [2.24, 2.45) is 0 Å². The first-order valence-electron chi connectivity index (χ1n) is 6.41. The maximum Gasteiger partial charge on any atom is 0.303 e. The minimum atomic E-state index is -3.59. The van der Waals surface area contributed by atoms with Crippen molar-refractivity contribution in [2.75, 3.05) is 24.2 Å². The van der Waals surface area contributed by atoms with Crippen molar-refractivity contribution in [2.45, 2.75) is 19.8 Å². The lowest BCUT2D eigenvalue weighted by Gasteiger charge is -2.12. The summed E-state index contributed by atoms with van der Waals surface area (Å²) < 4.78 is 36.5. The number of anilines is 1. The van der Waals surface area contributed by atoms with Crippen LogP contribution in [0.3, 0.4) is 0 Å². The van der Waals surface area contributed by atoms with E-state index in [2.05, 4.69) is 4.72 Å². The molecule has 0 atom stereocenters. The highest BCUT2D eigenvalue weighted by Gasteiger charge is 2.13. The van der Waals surface area contributed by atoms with Crippen LogP contribution < -0.4 is 14.2 Å². The van der Waals surface area contributed by atoms with Crippen molar-refractivity contribution in [3.63, 3.8) is 0 Å². The van der Waals surface area contributed by atoms with Gasteiger partial charge in [0, 0.05) is 12.5 Å². The molecule has 1 aromatic rings. The summed E-state index contributed by atoms with van der Waals surface area (Å²) in [5, 5.41) is 8.50. The number of aliphatic carboxylic acids is 1. The van der Waals surface area contributed by atoms with Crippen LogP contribution in [0.1, 0.15) is 19.8 Å². The molecule has 0 aliphatic rings. The van der Waals surface area contributed by atoms with Gasteiger partial charge in [0.1, 0.15) is 0 Å². The minimum Gasteiger partial charge on any atom is -0.493 e. The molecule has 0 saturated heterocycles. The van der Waals surface area contributed by atoms with Crippen molar-refractivity contribution in [3.8, 4) is 11.5 Å². The summed E-state index contributed by atoms with van der Waals surface area (Å²) in [4.78, 5) is 10.4. The number of ether oxygens (including phenoxy) is 2. The van der Waals surface area contributed by atoms with Gasteiger partial charge in [0.2, 0.25) is 10.0 Å². The van der Waals surface area contributed by atoms with Gasteiger partial charge in [0.25, 0.3) is 0 Å². The van der Waals surface area contributed by atoms with E-state index in [1.54, 1.807) is 12.1 Å². The third kappa shape index (κ3) is 5.90. The molecule has 0 unspecified atom stereocenters. The number of sulfonamides is 1. The fourth-order valence-corrected chi connectivity index (χ4v) is 2.76. The fourth-order valence-electron chi connectivity index (χ4n) is 1.65. The molecule has 0 saturated carbocycles. The zero-order valence-corrected chi connectivity index (χ0v) is 12.8. The molecular formula is C13H19NO6S. The molecule has 1 aromatic carbocycles. The topological polar surface area (TPSA) is 102 Å². The Hall–Kier alpha value is -1.96. The standard InChI is InChI=1S/C13H19NO6S/c1-3-20-11-7-6-10(9-12(11)19-2)14-21(17,18)8-4-5-13(15)16/h6-7,9,14H,3-5,8H2,1-2H3,(H,15,16). The van der Waals surface area contributed by atoms with Gasteiger partial charge in [0.05, 0.1) is 25.2 Å². The number of nitrogens with one attached hydrogen (secondary N) is 1. The summed E-state index contributed by atoms with van der Waals surface area (Å²) in [6.07, 6.45) is -0.133. The van der Waals surface area contributed by atoms with Crippen molar-refractivity contribution >= 4 is 21.7 Å². The Balaban J connectivity index is 2.75. The molecule has 21 heavy (non-hydrogen) atoms. The maximum absolute atomic E-state index is 11.8. The monoisotopic (exact) mass is 317 g/mol. The number of carbonyl (C=O) groups is 1. The second kappa shape index (κ2) is 7.72. The van der Waals surface area contributed by atoms with E-state index in [1.165, 1.54) is 13.2 Å². The molecule has 0 amide bonds. The number of carboxylic acid groups (broad SMARTS) is 1. The molecule has 1 rings (SSSR count). The van der Waals surface area contributed by atoms with Crippen LogP contribution >= 0.6 is 0 Å². The van der Waals surface area contributed by atoms with E-state index in [4.69, 9.17) is 14.6 Å². The molecule has 0 bridgehead atoms. The number of rotatable bonds is 9. The lowest BCUT2D eigenvalue weighted by atomic mass is 10.3. The third-order valence-electron chi connectivity index (χ3n) is 2.54. The Morgan fingerprint density at radius 3 is 2.62 bits per heavy atom. The van der Waals surface area contributed by atoms with Gasteiger partial charge in [-0.1, -0.05) is 0 Å². The first-order chi connectivity index (χ1) is 9.88. The number of hydrogen-bond donors (Lipinski definition) is 2. The molecule has 0 spiro atoms. The SMILES string of the molecule is CCOc1ccc(NS(=O)(=O)CCCC(=O)O)cc1OC. The van der Waals surface area contributed by atoms with Gasteiger partial charge in [-0.2, -0.15) is 0 Å². The Labute approximate surface area is 123 Å². The molecule has 0 aliphatic heterocycles. The van der Waals surface area contributed by atoms with Gasteiger partial charge in [-0.15, -0.1) is 0 Å². The fraction of sp³-hybridized carbons (Fsp3) is 0.462. The van der Waals surface area contributed by atoms with E-state index in [-0.39, 0.29) is 18.6 Å². The zero-order chi connectivity index (χ0) is 15.9. The van der Waals surface area contributed by atoms with Gasteiger partial charge in [-0.05, 0) is 25.5 Å². The van der Waals surface area contributed by atoms with Crippen molar-refractivity contribution in [3.05, 3.63) is 18.2 Å². The van der Waals surface area contributed by atoms with Crippen molar-refractivity contribution in [1.82, 2.24) is 0 Å². The van der Waals surface area contributed by atoms with Crippen LogP contribution in [0.4, 0.5) is 5.69 Å². The van der Waals surface area contributed by atoms with Crippen molar-refractivity contribution in [1.29, 1.82) is 0 Å². The van der Waals surface area contributed by atoms with Gasteiger partial charge in [0.15, 0.2) is 11.5 Å². The van der Waals surface area contributed by atoms with E-state index in [9.17, 15) is 13.2 Å². The Kier molecular flexibility index (Phi) is 6.29. The number of methoxy groups -OCH3 is 1. The van der Waals surface area contributed by atoms with E-state index in [0.717, 1.165) is 0 Å². The van der Waals surface area contributed by atoms with Gasteiger partial charge < -0.3 is 14.6 Å². The van der Waals surface area contributed by atoms with E-state index in [1.807, 2.05) is 6.92 Å². The average molecular weight is 317 g/mol. The molecule has 0 radical (unpaired) electrons. The van der Waals surface area contributed by atoms with Crippen LogP contribution in [-0.2, 0) is 14.8 Å². The molecule has 0 aliphatic carbocycles. The summed E-state index contributed by atoms with van der Waals surface area (Å²) in [5.41, 5.74) is 0.339. The van der Waals surface area contributed by atoms with Crippen LogP contribution in [-0.4, -0.2) is 39.0 Å². The van der Waals surface area contributed by atoms with Crippen LogP contribution in [0.15, 0.2) is 18.2 Å². The highest BCUT2D eigenvalue weighted by atomic mass is 32.2. The number of hydrogen-bond acceptors (Lipinski definition) is 5. The minimum absolute atomic E-state index is 0.0544. The summed E-state index contributed by atoms with van der Waals surface area (Å²) in [5.74, 6) is -0.334. The first kappa shape index (κ1) is 17.1. The van der Waals surface area contributed by atoms with Gasteiger partial charge in [-0.25, -0.2) is 8.42 Å². The molecule has 118 valence electrons. The quantitative estimate of drug-likeness (QED) is 0.719. The van der Waals surface area contributed by atoms with E-state index >= 15 is 0 Å². The number of carboxylic acids is 1. The van der Waals surface area contributed by atoms with E-state index in [0.29, 0.717) is 23.8 Å². The summed E-state index contributed by atoms with van der Waals surface area (Å²) in [6, 6.07) is 4.68. The molecule has 0 fully saturated rings. The van der Waals surface area contributed by atoms with Gasteiger partial charge >= 0.3 is 5.97 Å². The van der Waals surface area contributed by atoms with Crippen LogP contribution in [0.5, 0.6) is 11.5 Å². The smallest absolute Gasteiger partial charge is 0.303 e. The lowest BCUT2D eigenvalue weighted by Crippen LogP contribution is -2.17. The molecule has 7 nitrogen and oxygen atoms in total. The van der Waals surface area contributed by atoms with Crippen LogP contribution in [0.25, 0.3) is 0 Å². The Morgan fingerprint density at radius 1 is 1.33 bits per heavy atom. The number of benzene rings is 1. The van der Waals surface area contributed by atoms with Gasteiger partial charge in [-0.3, -0.25) is 9.52 Å². The lowest BCUT2D eigenvalue weighted by molar-refractivity contribution is -0.137. The predicted octanol–water partition coefficient (Wildman–Crippen LogP) is 1.70. The summed E-state index contributed by atoms with van der Waals surface area (Å²) >= 11 is 0. The summed E-state index contributed by atoms with van der Waals surface area (Å²) in [6.45, 7) is 2.30. The molecule has 0 aromatic heterocycles. The second-order valence-corrected chi connectivity index (χ2v) is 6.06. The summed E-state index contributed by atoms with van der Waals surface area (Å²) in [7, 11) is -2.13. The molecule has 0 heterocycles. The highest BCUT2D eigenvalue weighted by Crippen LogP contribution is 2.30. The first-order valence-corrected chi connectivity index (χ1v) is 8.06. The normalized spacial score (nSPS) is 11.0. The molecule has 8 heteroatoms. The predicted molar refractivity (Wildman–Crippen MR) is 78.4 cm³/mol. The second-order valence-electron chi connectivity index (χ2n) is 4.22. The van der Waals surface area contributed by atoms with Crippen LogP contribution in [0, 0.1) is 0 Å². The maximum atomic E-state index is 11.8. The third-order valence-corrected chi connectivity index (χ3v) is 3.91. The average Bonchev–Trinajstić information content (AvgIpc) is 2.39. The molecular weight excluding hydrogens is 298 g/mol. The Bertz CT molecular complexity index is 584. The highest BCUT2D eigenvalue weighted by molar-refractivity contribution is 7.92. The largest absolute Gasteiger partial charge is 0.493 e. The molecule has 2 N–H and O–H groups in total.